The van der Waals surface area contributed by atoms with Gasteiger partial charge in [0.1, 0.15) is 6.61 Å². The maximum absolute atomic E-state index is 10.8. The Morgan fingerprint density at radius 1 is 1.23 bits per heavy atom. The normalized spacial score (nSPS) is 8.62. The van der Waals surface area contributed by atoms with E-state index in [4.69, 9.17) is 6.42 Å². The molecule has 13 heavy (non-hydrogen) atoms. The molecule has 0 aromatic heterocycles. The fourth-order valence-corrected chi connectivity index (χ4v) is 0.515. The maximum atomic E-state index is 10.8. The molecule has 0 fully saturated rings. The number of rotatable bonds is 4. The highest BCUT2D eigenvalue weighted by Crippen LogP contribution is 1.88. The van der Waals surface area contributed by atoms with Gasteiger partial charge in [0.15, 0.2) is 0 Å². The van der Waals surface area contributed by atoms with Crippen LogP contribution in [-0.4, -0.2) is 25.2 Å². The van der Waals surface area contributed by atoms with E-state index < -0.39 is 11.9 Å². The van der Waals surface area contributed by atoms with E-state index in [0.717, 1.165) is 0 Å². The second-order valence-corrected chi connectivity index (χ2v) is 2.23. The van der Waals surface area contributed by atoms with Crippen molar-refractivity contribution < 1.29 is 19.1 Å². The Bertz CT molecular complexity index is 214. The quantitative estimate of drug-likeness (QED) is 0.276. The van der Waals surface area contributed by atoms with Crippen LogP contribution in [0.5, 0.6) is 0 Å². The van der Waals surface area contributed by atoms with Crippen molar-refractivity contribution in [3.8, 4) is 12.3 Å². The van der Waals surface area contributed by atoms with Crippen LogP contribution in [-0.2, 0) is 19.1 Å². The summed E-state index contributed by atoms with van der Waals surface area (Å²) < 4.78 is 9.00. The molecule has 0 N–H and O–H groups in total. The van der Waals surface area contributed by atoms with E-state index in [1.165, 1.54) is 0 Å². The molecule has 0 atom stereocenters. The standard InChI is InChI=1S/C9H12O4/c1-3-5-7-13-9(11)8(10)12-6-4-2/h1H,4-7H2,2H3. The molecule has 4 nitrogen and oxygen atoms in total. The van der Waals surface area contributed by atoms with Crippen LogP contribution in [0.25, 0.3) is 0 Å². The topological polar surface area (TPSA) is 52.6 Å². The molecule has 0 unspecified atom stereocenters. The summed E-state index contributed by atoms with van der Waals surface area (Å²) in [5, 5.41) is 0. The third-order valence-electron chi connectivity index (χ3n) is 1.08. The van der Waals surface area contributed by atoms with Gasteiger partial charge in [-0.05, 0) is 6.42 Å². The maximum Gasteiger partial charge on any atom is 0.417 e. The van der Waals surface area contributed by atoms with E-state index in [1.54, 1.807) is 0 Å². The molecule has 0 bridgehead atoms. The molecule has 0 aliphatic heterocycles. The molecular formula is C9H12O4. The van der Waals surface area contributed by atoms with E-state index in [1.807, 2.05) is 6.92 Å². The van der Waals surface area contributed by atoms with Gasteiger partial charge in [-0.25, -0.2) is 9.59 Å². The number of ether oxygens (including phenoxy) is 2. The second-order valence-electron chi connectivity index (χ2n) is 2.23. The molecule has 0 rings (SSSR count). The summed E-state index contributed by atoms with van der Waals surface area (Å²) >= 11 is 0. The van der Waals surface area contributed by atoms with Crippen LogP contribution in [0.3, 0.4) is 0 Å². The molecule has 0 aromatic rings. The minimum atomic E-state index is -0.983. The highest BCUT2D eigenvalue weighted by molar-refractivity contribution is 6.29. The van der Waals surface area contributed by atoms with Crippen molar-refractivity contribution in [1.82, 2.24) is 0 Å². The van der Waals surface area contributed by atoms with Crippen LogP contribution in [0.2, 0.25) is 0 Å². The van der Waals surface area contributed by atoms with E-state index in [9.17, 15) is 9.59 Å². The summed E-state index contributed by atoms with van der Waals surface area (Å²) in [6, 6.07) is 0. The van der Waals surface area contributed by atoms with Gasteiger partial charge in [0.2, 0.25) is 0 Å². The average Bonchev–Trinajstić information content (AvgIpc) is 2.14. The summed E-state index contributed by atoms with van der Waals surface area (Å²) in [5.41, 5.74) is 0. The lowest BCUT2D eigenvalue weighted by atomic mass is 10.5. The Kier molecular flexibility index (Phi) is 6.34. The molecule has 0 aliphatic rings. The first-order valence-electron chi connectivity index (χ1n) is 3.99. The van der Waals surface area contributed by atoms with Crippen molar-refractivity contribution >= 4 is 11.9 Å². The molecule has 4 heteroatoms. The molecule has 0 radical (unpaired) electrons. The molecule has 0 amide bonds. The van der Waals surface area contributed by atoms with Gasteiger partial charge in [0.25, 0.3) is 0 Å². The van der Waals surface area contributed by atoms with Gasteiger partial charge in [0.05, 0.1) is 6.61 Å². The zero-order chi connectivity index (χ0) is 10.1. The average molecular weight is 184 g/mol. The highest BCUT2D eigenvalue weighted by Gasteiger charge is 2.15. The Hall–Kier alpha value is -1.50. The summed E-state index contributed by atoms with van der Waals surface area (Å²) in [5.74, 6) is 0.334. The van der Waals surface area contributed by atoms with Gasteiger partial charge in [-0.1, -0.05) is 6.92 Å². The molecule has 0 saturated heterocycles. The van der Waals surface area contributed by atoms with Crippen LogP contribution >= 0.6 is 0 Å². The third-order valence-corrected chi connectivity index (χ3v) is 1.08. The lowest BCUT2D eigenvalue weighted by Crippen LogP contribution is -2.21. The van der Waals surface area contributed by atoms with E-state index >= 15 is 0 Å². The number of terminal acetylenes is 1. The highest BCUT2D eigenvalue weighted by atomic mass is 16.6. The van der Waals surface area contributed by atoms with Gasteiger partial charge in [-0.15, -0.1) is 12.3 Å². The van der Waals surface area contributed by atoms with Crippen molar-refractivity contribution in [1.29, 1.82) is 0 Å². The van der Waals surface area contributed by atoms with Crippen LogP contribution in [0.1, 0.15) is 19.8 Å². The van der Waals surface area contributed by atoms with E-state index in [-0.39, 0.29) is 13.2 Å². The predicted molar refractivity (Wildman–Crippen MR) is 45.7 cm³/mol. The predicted octanol–water partition coefficient (Wildman–Crippen LogP) is 0.506. The van der Waals surface area contributed by atoms with E-state index in [0.29, 0.717) is 12.8 Å². The lowest BCUT2D eigenvalue weighted by molar-refractivity contribution is -0.167. The van der Waals surface area contributed by atoms with Crippen LogP contribution in [0, 0.1) is 12.3 Å². The molecule has 0 aliphatic carbocycles. The lowest BCUT2D eigenvalue weighted by Gasteiger charge is -2.02. The van der Waals surface area contributed by atoms with Gasteiger partial charge in [0, 0.05) is 6.42 Å². The first-order valence-corrected chi connectivity index (χ1v) is 3.99. The number of hydrogen-bond donors (Lipinski definition) is 0. The fraction of sp³-hybridized carbons (Fsp3) is 0.556. The fourth-order valence-electron chi connectivity index (χ4n) is 0.515. The zero-order valence-corrected chi connectivity index (χ0v) is 7.54. The molecule has 0 heterocycles. The minimum Gasteiger partial charge on any atom is -0.457 e. The summed E-state index contributed by atoms with van der Waals surface area (Å²) in [7, 11) is 0. The minimum absolute atomic E-state index is 0.0521. The Labute approximate surface area is 77.2 Å². The monoisotopic (exact) mass is 184 g/mol. The first kappa shape index (κ1) is 11.5. The van der Waals surface area contributed by atoms with Gasteiger partial charge < -0.3 is 9.47 Å². The zero-order valence-electron chi connectivity index (χ0n) is 7.54. The number of esters is 2. The second kappa shape index (κ2) is 7.17. The van der Waals surface area contributed by atoms with Crippen molar-refractivity contribution in [2.45, 2.75) is 19.8 Å². The Morgan fingerprint density at radius 2 is 1.77 bits per heavy atom. The van der Waals surface area contributed by atoms with Crippen molar-refractivity contribution in [2.24, 2.45) is 0 Å². The summed E-state index contributed by atoms with van der Waals surface area (Å²) in [6.07, 6.45) is 5.88. The molecule has 72 valence electrons. The SMILES string of the molecule is C#CCCOC(=O)C(=O)OCCC. The summed E-state index contributed by atoms with van der Waals surface area (Å²) in [4.78, 5) is 21.5. The third kappa shape index (κ3) is 5.74. The molecule has 0 aromatic carbocycles. The smallest absolute Gasteiger partial charge is 0.417 e. The molecule has 0 saturated carbocycles. The van der Waals surface area contributed by atoms with E-state index in [2.05, 4.69) is 15.4 Å². The van der Waals surface area contributed by atoms with Crippen molar-refractivity contribution in [3.63, 3.8) is 0 Å². The van der Waals surface area contributed by atoms with Gasteiger partial charge in [-0.3, -0.25) is 0 Å². The number of carbonyl (C=O) groups excluding carboxylic acids is 2. The van der Waals surface area contributed by atoms with Crippen LogP contribution in [0.4, 0.5) is 0 Å². The number of carbonyl (C=O) groups is 2. The number of hydrogen-bond acceptors (Lipinski definition) is 4. The van der Waals surface area contributed by atoms with Gasteiger partial charge in [-0.2, -0.15) is 0 Å². The van der Waals surface area contributed by atoms with Crippen molar-refractivity contribution in [2.75, 3.05) is 13.2 Å². The Morgan fingerprint density at radius 3 is 2.23 bits per heavy atom. The van der Waals surface area contributed by atoms with Crippen molar-refractivity contribution in [3.05, 3.63) is 0 Å². The largest absolute Gasteiger partial charge is 0.457 e. The summed E-state index contributed by atoms with van der Waals surface area (Å²) in [6.45, 7) is 2.11. The first-order chi connectivity index (χ1) is 6.22. The van der Waals surface area contributed by atoms with Crippen LogP contribution < -0.4 is 0 Å². The van der Waals surface area contributed by atoms with Crippen LogP contribution in [0.15, 0.2) is 0 Å². The molecule has 0 spiro atoms. The molecular weight excluding hydrogens is 172 g/mol. The Balaban J connectivity index is 3.59. The van der Waals surface area contributed by atoms with Gasteiger partial charge >= 0.3 is 11.9 Å².